The van der Waals surface area contributed by atoms with E-state index in [4.69, 9.17) is 15.5 Å². The molecule has 0 atom stereocenters. The van der Waals surface area contributed by atoms with Gasteiger partial charge >= 0.3 is 0 Å². The summed E-state index contributed by atoms with van der Waals surface area (Å²) in [7, 11) is 1.64. The molecule has 2 aromatic heterocycles. The summed E-state index contributed by atoms with van der Waals surface area (Å²) in [5.41, 5.74) is 10.4. The van der Waals surface area contributed by atoms with Crippen LogP contribution in [-0.2, 0) is 5.75 Å². The zero-order valence-electron chi connectivity index (χ0n) is 19.5. The first kappa shape index (κ1) is 23.3. The number of carbonyl (C=O) groups excluding carboxylic acids is 1. The van der Waals surface area contributed by atoms with E-state index in [1.165, 1.54) is 11.8 Å². The number of ether oxygens (including phenoxy) is 1. The molecule has 8 nitrogen and oxygen atoms in total. The number of benzene rings is 3. The number of methoxy groups -OCH3 is 1. The van der Waals surface area contributed by atoms with Gasteiger partial charge in [-0.3, -0.25) is 4.79 Å². The summed E-state index contributed by atoms with van der Waals surface area (Å²) in [5.74, 6) is 1.96. The summed E-state index contributed by atoms with van der Waals surface area (Å²) < 4.78 is 7.04. The Morgan fingerprint density at radius 1 is 1.00 bits per heavy atom. The van der Waals surface area contributed by atoms with Crippen LogP contribution in [0, 0.1) is 0 Å². The first-order valence-corrected chi connectivity index (χ1v) is 12.2. The number of carbonyl (C=O) groups is 1. The minimum atomic E-state index is -0.206. The smallest absolute Gasteiger partial charge is 0.255 e. The molecule has 9 heteroatoms. The highest BCUT2D eigenvalue weighted by Crippen LogP contribution is 2.26. The standard InChI is InChI=1S/C27H24N6O2S/c1-35-21-14-12-20(13-15-21)29-25-24-7-4-16-33(24)32-27(31-25)36-17-18-8-10-19(11-9-18)26(34)30-23-6-3-2-5-22(23)28/h2-16H,17,28H2,1H3,(H,30,34)(H,29,31,32). The van der Waals surface area contributed by atoms with Crippen molar-refractivity contribution >= 4 is 46.1 Å². The fourth-order valence-electron chi connectivity index (χ4n) is 3.58. The number of nitrogens with one attached hydrogen (secondary N) is 2. The van der Waals surface area contributed by atoms with Gasteiger partial charge in [-0.2, -0.15) is 0 Å². The number of para-hydroxylation sites is 2. The van der Waals surface area contributed by atoms with E-state index in [0.717, 1.165) is 28.3 Å². The van der Waals surface area contributed by atoms with Gasteiger partial charge in [-0.1, -0.05) is 36.0 Å². The largest absolute Gasteiger partial charge is 0.497 e. The molecule has 0 saturated heterocycles. The van der Waals surface area contributed by atoms with Crippen molar-refractivity contribution in [2.24, 2.45) is 0 Å². The van der Waals surface area contributed by atoms with Crippen LogP contribution < -0.4 is 21.1 Å². The maximum absolute atomic E-state index is 12.6. The molecule has 0 aliphatic rings. The van der Waals surface area contributed by atoms with E-state index in [1.807, 2.05) is 71.4 Å². The molecule has 1 amide bonds. The van der Waals surface area contributed by atoms with Crippen molar-refractivity contribution in [2.45, 2.75) is 10.9 Å². The highest BCUT2D eigenvalue weighted by atomic mass is 32.2. The average molecular weight is 497 g/mol. The summed E-state index contributed by atoms with van der Waals surface area (Å²) in [6, 6.07) is 26.2. The highest BCUT2D eigenvalue weighted by Gasteiger charge is 2.11. The molecule has 0 saturated carbocycles. The predicted octanol–water partition coefficient (Wildman–Crippen LogP) is 5.61. The van der Waals surface area contributed by atoms with Crippen LogP contribution >= 0.6 is 11.8 Å². The molecule has 5 rings (SSSR count). The van der Waals surface area contributed by atoms with Crippen molar-refractivity contribution in [3.05, 3.63) is 102 Å². The van der Waals surface area contributed by atoms with E-state index in [-0.39, 0.29) is 5.91 Å². The van der Waals surface area contributed by atoms with E-state index >= 15 is 0 Å². The zero-order valence-corrected chi connectivity index (χ0v) is 20.3. The molecular formula is C27H24N6O2S. The van der Waals surface area contributed by atoms with Crippen molar-refractivity contribution in [2.75, 3.05) is 23.5 Å². The van der Waals surface area contributed by atoms with Crippen molar-refractivity contribution in [3.8, 4) is 5.75 Å². The van der Waals surface area contributed by atoms with Gasteiger partial charge in [-0.05, 0) is 66.2 Å². The van der Waals surface area contributed by atoms with Gasteiger partial charge in [0.25, 0.3) is 5.91 Å². The molecule has 0 aliphatic heterocycles. The Kier molecular flexibility index (Phi) is 6.72. The highest BCUT2D eigenvalue weighted by molar-refractivity contribution is 7.98. The van der Waals surface area contributed by atoms with Gasteiger partial charge in [0, 0.05) is 23.2 Å². The SMILES string of the molecule is COc1ccc(Nc2nc(SCc3ccc(C(=O)Nc4ccccc4N)cc3)nn3cccc23)cc1. The number of amides is 1. The van der Waals surface area contributed by atoms with E-state index in [0.29, 0.717) is 27.8 Å². The third-order valence-electron chi connectivity index (χ3n) is 5.52. The van der Waals surface area contributed by atoms with Gasteiger partial charge in [-0.15, -0.1) is 5.10 Å². The maximum atomic E-state index is 12.6. The summed E-state index contributed by atoms with van der Waals surface area (Å²) in [6.45, 7) is 0. The summed E-state index contributed by atoms with van der Waals surface area (Å²) in [4.78, 5) is 17.3. The summed E-state index contributed by atoms with van der Waals surface area (Å²) in [5, 5.41) is 11.5. The second kappa shape index (κ2) is 10.4. The Hall–Kier alpha value is -4.50. The number of nitrogen functional groups attached to an aromatic ring is 1. The van der Waals surface area contributed by atoms with Crippen LogP contribution in [0.2, 0.25) is 0 Å². The molecule has 2 heterocycles. The number of rotatable bonds is 8. The Bertz CT molecular complexity index is 1500. The average Bonchev–Trinajstić information content (AvgIpc) is 3.39. The molecule has 0 radical (unpaired) electrons. The number of nitrogens with zero attached hydrogens (tertiary/aromatic N) is 3. The fourth-order valence-corrected chi connectivity index (χ4v) is 4.37. The monoisotopic (exact) mass is 496 g/mol. The summed E-state index contributed by atoms with van der Waals surface area (Å²) in [6.07, 6.45) is 1.90. The second-order valence-electron chi connectivity index (χ2n) is 7.96. The summed E-state index contributed by atoms with van der Waals surface area (Å²) >= 11 is 1.52. The van der Waals surface area contributed by atoms with Crippen LogP contribution in [-0.4, -0.2) is 27.6 Å². The number of hydrogen-bond acceptors (Lipinski definition) is 7. The topological polar surface area (TPSA) is 107 Å². The Morgan fingerprint density at radius 3 is 2.53 bits per heavy atom. The first-order valence-electron chi connectivity index (χ1n) is 11.2. The van der Waals surface area contributed by atoms with E-state index < -0.39 is 0 Å². The lowest BCUT2D eigenvalue weighted by atomic mass is 10.1. The molecule has 0 unspecified atom stereocenters. The van der Waals surface area contributed by atoms with Gasteiger partial charge in [0.05, 0.1) is 18.5 Å². The van der Waals surface area contributed by atoms with Crippen molar-refractivity contribution in [1.29, 1.82) is 0 Å². The fraction of sp³-hybridized carbons (Fsp3) is 0.0741. The van der Waals surface area contributed by atoms with Crippen LogP contribution in [0.15, 0.2) is 96.3 Å². The quantitative estimate of drug-likeness (QED) is 0.189. The number of aromatic nitrogens is 3. The van der Waals surface area contributed by atoms with E-state index in [2.05, 4.69) is 15.7 Å². The minimum Gasteiger partial charge on any atom is -0.497 e. The third-order valence-corrected chi connectivity index (χ3v) is 6.43. The molecule has 36 heavy (non-hydrogen) atoms. The second-order valence-corrected chi connectivity index (χ2v) is 8.90. The normalized spacial score (nSPS) is 10.8. The Morgan fingerprint density at radius 2 is 1.78 bits per heavy atom. The van der Waals surface area contributed by atoms with Crippen molar-refractivity contribution in [3.63, 3.8) is 0 Å². The molecule has 4 N–H and O–H groups in total. The maximum Gasteiger partial charge on any atom is 0.255 e. The first-order chi connectivity index (χ1) is 17.6. The van der Waals surface area contributed by atoms with Crippen LogP contribution in [0.1, 0.15) is 15.9 Å². The number of hydrogen-bond donors (Lipinski definition) is 3. The lowest BCUT2D eigenvalue weighted by molar-refractivity contribution is 0.102. The molecule has 3 aromatic carbocycles. The Balaban J connectivity index is 1.27. The number of anilines is 4. The molecule has 0 aliphatic carbocycles. The van der Waals surface area contributed by atoms with Gasteiger partial charge in [0.2, 0.25) is 5.16 Å². The van der Waals surface area contributed by atoms with Crippen LogP contribution in [0.5, 0.6) is 5.75 Å². The van der Waals surface area contributed by atoms with Crippen molar-refractivity contribution < 1.29 is 9.53 Å². The predicted molar refractivity (Wildman–Crippen MR) is 144 cm³/mol. The Labute approximate surface area is 212 Å². The zero-order chi connectivity index (χ0) is 24.9. The lowest BCUT2D eigenvalue weighted by Gasteiger charge is -2.10. The van der Waals surface area contributed by atoms with Crippen LogP contribution in [0.25, 0.3) is 5.52 Å². The number of fused-ring (bicyclic) bond motifs is 1. The molecule has 5 aromatic rings. The number of thioether (sulfide) groups is 1. The van der Waals surface area contributed by atoms with Crippen LogP contribution in [0.4, 0.5) is 22.9 Å². The van der Waals surface area contributed by atoms with Gasteiger partial charge in [0.15, 0.2) is 5.82 Å². The van der Waals surface area contributed by atoms with Gasteiger partial charge in [0.1, 0.15) is 11.3 Å². The molecule has 0 spiro atoms. The lowest BCUT2D eigenvalue weighted by Crippen LogP contribution is -2.13. The van der Waals surface area contributed by atoms with Crippen LogP contribution in [0.3, 0.4) is 0 Å². The molecule has 180 valence electrons. The molecule has 0 bridgehead atoms. The van der Waals surface area contributed by atoms with Crippen molar-refractivity contribution in [1.82, 2.24) is 14.6 Å². The van der Waals surface area contributed by atoms with E-state index in [9.17, 15) is 4.79 Å². The number of nitrogens with two attached hydrogens (primary N) is 1. The van der Waals surface area contributed by atoms with Gasteiger partial charge < -0.3 is 21.1 Å². The molecular weight excluding hydrogens is 472 g/mol. The minimum absolute atomic E-state index is 0.206. The third kappa shape index (κ3) is 5.26. The van der Waals surface area contributed by atoms with Gasteiger partial charge in [-0.25, -0.2) is 9.50 Å². The van der Waals surface area contributed by atoms with E-state index in [1.54, 1.807) is 31.4 Å². The molecule has 0 fully saturated rings.